The van der Waals surface area contributed by atoms with Crippen molar-refractivity contribution in [3.05, 3.63) is 113 Å². The number of carbonyl (C=O) groups excluding carboxylic acids is 1. The number of aryl methyl sites for hydroxylation is 1. The third-order valence-electron chi connectivity index (χ3n) is 7.18. The lowest BCUT2D eigenvalue weighted by molar-refractivity contribution is 0.101. The second kappa shape index (κ2) is 11.3. The summed E-state index contributed by atoms with van der Waals surface area (Å²) < 4.78 is 1.68. The summed E-state index contributed by atoms with van der Waals surface area (Å²) >= 11 is 0. The molecule has 1 aliphatic carbocycles. The highest BCUT2D eigenvalue weighted by atomic mass is 16.2. The van der Waals surface area contributed by atoms with Crippen LogP contribution in [0.1, 0.15) is 77.1 Å². The number of rotatable bonds is 10. The van der Waals surface area contributed by atoms with Gasteiger partial charge in [0.05, 0.1) is 17.4 Å². The van der Waals surface area contributed by atoms with Gasteiger partial charge in [0, 0.05) is 12.2 Å². The first-order valence-electron chi connectivity index (χ1n) is 13.5. The van der Waals surface area contributed by atoms with Gasteiger partial charge in [-0.2, -0.15) is 5.10 Å². The summed E-state index contributed by atoms with van der Waals surface area (Å²) in [6.07, 6.45) is 2.59. The highest BCUT2D eigenvalue weighted by Crippen LogP contribution is 2.31. The van der Waals surface area contributed by atoms with Gasteiger partial charge in [-0.3, -0.25) is 4.79 Å². The van der Waals surface area contributed by atoms with Crippen LogP contribution in [0.2, 0.25) is 0 Å². The average Bonchev–Trinajstić information content (AvgIpc) is 3.67. The van der Waals surface area contributed by atoms with Crippen molar-refractivity contribution in [1.29, 1.82) is 0 Å². The molecule has 3 aromatic carbocycles. The fourth-order valence-corrected chi connectivity index (χ4v) is 4.77. The fourth-order valence-electron chi connectivity index (χ4n) is 4.77. The molecule has 4 N–H and O–H groups in total. The van der Waals surface area contributed by atoms with E-state index in [4.69, 9.17) is 5.73 Å². The zero-order valence-corrected chi connectivity index (χ0v) is 22.4. The van der Waals surface area contributed by atoms with Crippen molar-refractivity contribution in [2.45, 2.75) is 52.1 Å². The highest BCUT2D eigenvalue weighted by Gasteiger charge is 2.24. The van der Waals surface area contributed by atoms with Gasteiger partial charge in [-0.1, -0.05) is 62.4 Å². The minimum Gasteiger partial charge on any atom is -0.326 e. The standard InChI is InChI=1S/C32H37N5O/c1-21(2)25-12-14-26(15-13-25)31(34-20-23-10-11-23)27-7-5-8-28(18-27)35-32(38)30-16-22(3)36-37(30)29-9-4-6-24(17-29)19-33/h4-9,12-18,21,23,31,34H,10-11,19-20,33H2,1-3H3,(H,35,38). The van der Waals surface area contributed by atoms with Crippen molar-refractivity contribution >= 4 is 11.6 Å². The molecule has 1 aromatic heterocycles. The molecule has 5 rings (SSSR count). The molecule has 0 saturated heterocycles. The molecule has 6 heteroatoms. The second-order valence-electron chi connectivity index (χ2n) is 10.6. The normalized spacial score (nSPS) is 14.0. The molecule has 1 unspecified atom stereocenters. The van der Waals surface area contributed by atoms with Crippen LogP contribution >= 0.6 is 0 Å². The quantitative estimate of drug-likeness (QED) is 0.242. The Morgan fingerprint density at radius 2 is 1.71 bits per heavy atom. The van der Waals surface area contributed by atoms with Crippen molar-refractivity contribution < 1.29 is 4.79 Å². The molecule has 0 bridgehead atoms. The molecular weight excluding hydrogens is 470 g/mol. The maximum atomic E-state index is 13.4. The van der Waals surface area contributed by atoms with Crippen LogP contribution in [0.15, 0.2) is 78.9 Å². The van der Waals surface area contributed by atoms with E-state index in [-0.39, 0.29) is 11.9 Å². The summed E-state index contributed by atoms with van der Waals surface area (Å²) in [4.78, 5) is 13.4. The van der Waals surface area contributed by atoms with Crippen molar-refractivity contribution in [2.75, 3.05) is 11.9 Å². The molecule has 1 fully saturated rings. The van der Waals surface area contributed by atoms with Gasteiger partial charge in [0.25, 0.3) is 5.91 Å². The minimum atomic E-state index is -0.204. The number of anilines is 1. The lowest BCUT2D eigenvalue weighted by Gasteiger charge is -2.21. The molecule has 196 valence electrons. The Kier molecular flexibility index (Phi) is 7.72. The number of nitrogens with two attached hydrogens (primary N) is 1. The van der Waals surface area contributed by atoms with Gasteiger partial charge >= 0.3 is 0 Å². The van der Waals surface area contributed by atoms with E-state index < -0.39 is 0 Å². The molecular formula is C32H37N5O. The molecule has 38 heavy (non-hydrogen) atoms. The van der Waals surface area contributed by atoms with Gasteiger partial charge in [-0.25, -0.2) is 4.68 Å². The van der Waals surface area contributed by atoms with E-state index >= 15 is 0 Å². The van der Waals surface area contributed by atoms with Crippen LogP contribution in [-0.2, 0) is 6.54 Å². The van der Waals surface area contributed by atoms with Crippen LogP contribution < -0.4 is 16.4 Å². The minimum absolute atomic E-state index is 0.0560. The number of benzene rings is 3. The van der Waals surface area contributed by atoms with Crippen LogP contribution in [0.25, 0.3) is 5.69 Å². The molecule has 1 saturated carbocycles. The summed E-state index contributed by atoms with van der Waals surface area (Å²) in [5, 5.41) is 11.5. The first kappa shape index (κ1) is 25.9. The van der Waals surface area contributed by atoms with Gasteiger partial charge in [0.15, 0.2) is 0 Å². The molecule has 0 aliphatic heterocycles. The molecule has 1 amide bonds. The van der Waals surface area contributed by atoms with Crippen LogP contribution in [0, 0.1) is 12.8 Å². The van der Waals surface area contributed by atoms with Crippen molar-refractivity contribution in [3.63, 3.8) is 0 Å². The SMILES string of the molecule is Cc1cc(C(=O)Nc2cccc(C(NCC3CC3)c3ccc(C(C)C)cc3)c2)n(-c2cccc(CN)c2)n1. The molecule has 0 radical (unpaired) electrons. The maximum absolute atomic E-state index is 13.4. The van der Waals surface area contributed by atoms with Gasteiger partial charge in [-0.15, -0.1) is 0 Å². The first-order valence-corrected chi connectivity index (χ1v) is 13.5. The van der Waals surface area contributed by atoms with E-state index in [1.165, 1.54) is 24.0 Å². The van der Waals surface area contributed by atoms with Crippen LogP contribution in [-0.4, -0.2) is 22.2 Å². The first-order chi connectivity index (χ1) is 18.4. The van der Waals surface area contributed by atoms with Crippen molar-refractivity contribution in [2.24, 2.45) is 11.7 Å². The highest BCUT2D eigenvalue weighted by molar-refractivity contribution is 6.03. The summed E-state index contributed by atoms with van der Waals surface area (Å²) in [6.45, 7) is 7.74. The maximum Gasteiger partial charge on any atom is 0.274 e. The lowest BCUT2D eigenvalue weighted by Crippen LogP contribution is -2.25. The predicted molar refractivity (Wildman–Crippen MR) is 154 cm³/mol. The largest absolute Gasteiger partial charge is 0.326 e. The molecule has 4 aromatic rings. The monoisotopic (exact) mass is 507 g/mol. The van der Waals surface area contributed by atoms with E-state index in [1.807, 2.05) is 49.4 Å². The number of hydrogen-bond donors (Lipinski definition) is 3. The number of carbonyl (C=O) groups is 1. The van der Waals surface area contributed by atoms with Crippen LogP contribution in [0.4, 0.5) is 5.69 Å². The molecule has 6 nitrogen and oxygen atoms in total. The average molecular weight is 508 g/mol. The molecule has 1 aliphatic rings. The molecule has 1 atom stereocenters. The third kappa shape index (κ3) is 6.04. The van der Waals surface area contributed by atoms with Crippen LogP contribution in [0.5, 0.6) is 0 Å². The Balaban J connectivity index is 1.40. The van der Waals surface area contributed by atoms with E-state index in [0.717, 1.165) is 40.7 Å². The Labute approximate surface area is 225 Å². The molecule has 0 spiro atoms. The number of aromatic nitrogens is 2. The number of nitrogens with one attached hydrogen (secondary N) is 2. The van der Waals surface area contributed by atoms with Gasteiger partial charge in [-0.05, 0) is 90.7 Å². The topological polar surface area (TPSA) is 85.0 Å². The zero-order chi connectivity index (χ0) is 26.6. The Morgan fingerprint density at radius 3 is 2.42 bits per heavy atom. The Bertz CT molecular complexity index is 1400. The second-order valence-corrected chi connectivity index (χ2v) is 10.6. The predicted octanol–water partition coefficient (Wildman–Crippen LogP) is 6.10. The van der Waals surface area contributed by atoms with Crippen LogP contribution in [0.3, 0.4) is 0 Å². The Morgan fingerprint density at radius 1 is 0.974 bits per heavy atom. The van der Waals surface area contributed by atoms with E-state index in [0.29, 0.717) is 18.2 Å². The number of nitrogens with zero attached hydrogens (tertiary/aromatic N) is 2. The van der Waals surface area contributed by atoms with Crippen molar-refractivity contribution in [3.8, 4) is 5.69 Å². The smallest absolute Gasteiger partial charge is 0.274 e. The van der Waals surface area contributed by atoms with Gasteiger partial charge in [0.2, 0.25) is 0 Å². The fraction of sp³-hybridized carbons (Fsp3) is 0.312. The Hall–Kier alpha value is -3.74. The van der Waals surface area contributed by atoms with E-state index in [1.54, 1.807) is 4.68 Å². The number of amides is 1. The summed E-state index contributed by atoms with van der Waals surface area (Å²) in [5.74, 6) is 1.05. The van der Waals surface area contributed by atoms with E-state index in [9.17, 15) is 4.79 Å². The molecule has 1 heterocycles. The van der Waals surface area contributed by atoms with Crippen molar-refractivity contribution in [1.82, 2.24) is 15.1 Å². The van der Waals surface area contributed by atoms with Gasteiger partial charge < -0.3 is 16.4 Å². The third-order valence-corrected chi connectivity index (χ3v) is 7.18. The number of hydrogen-bond acceptors (Lipinski definition) is 4. The summed E-state index contributed by atoms with van der Waals surface area (Å²) in [5.41, 5.74) is 13.3. The summed E-state index contributed by atoms with van der Waals surface area (Å²) in [7, 11) is 0. The zero-order valence-electron chi connectivity index (χ0n) is 22.4. The summed E-state index contributed by atoms with van der Waals surface area (Å²) in [6, 6.07) is 26.7. The lowest BCUT2D eigenvalue weighted by atomic mass is 9.95. The van der Waals surface area contributed by atoms with E-state index in [2.05, 4.69) is 66.0 Å². The van der Waals surface area contributed by atoms with Gasteiger partial charge in [0.1, 0.15) is 5.69 Å².